The average Bonchev–Trinajstić information content (AvgIpc) is 3.37. The molecule has 9 nitrogen and oxygen atoms in total. The fourth-order valence-electron chi connectivity index (χ4n) is 3.62. The lowest BCUT2D eigenvalue weighted by Crippen LogP contribution is -2.53. The van der Waals surface area contributed by atoms with Gasteiger partial charge in [0, 0.05) is 32.8 Å². The third-order valence-corrected chi connectivity index (χ3v) is 5.17. The molecule has 0 radical (unpaired) electrons. The van der Waals surface area contributed by atoms with E-state index in [4.69, 9.17) is 4.74 Å². The quantitative estimate of drug-likeness (QED) is 0.788. The molecule has 4 rings (SSSR count). The van der Waals surface area contributed by atoms with E-state index in [1.54, 1.807) is 20.4 Å². The van der Waals surface area contributed by atoms with Gasteiger partial charge in [-0.3, -0.25) is 9.59 Å². The smallest absolute Gasteiger partial charge is 0.272 e. The number of ether oxygens (including phenoxy) is 1. The maximum atomic E-state index is 13.0. The van der Waals surface area contributed by atoms with Crippen LogP contribution in [0.25, 0.3) is 5.78 Å². The first-order chi connectivity index (χ1) is 13.0. The van der Waals surface area contributed by atoms with Crippen LogP contribution in [-0.2, 0) is 9.53 Å². The Morgan fingerprint density at radius 3 is 2.59 bits per heavy atom. The van der Waals surface area contributed by atoms with Crippen molar-refractivity contribution in [2.75, 3.05) is 32.8 Å². The molecule has 0 bridgehead atoms. The molecule has 2 aliphatic rings. The van der Waals surface area contributed by atoms with Gasteiger partial charge in [0.2, 0.25) is 0 Å². The molecule has 2 aliphatic heterocycles. The fraction of sp³-hybridized carbons (Fsp3) is 0.611. The number of hydrogen-bond donors (Lipinski definition) is 0. The zero-order chi connectivity index (χ0) is 19.0. The van der Waals surface area contributed by atoms with Crippen molar-refractivity contribution in [2.24, 2.45) is 0 Å². The van der Waals surface area contributed by atoms with Gasteiger partial charge in [0.05, 0.1) is 5.69 Å². The van der Waals surface area contributed by atoms with Crippen LogP contribution in [0.1, 0.15) is 48.8 Å². The topological polar surface area (TPSA) is 92.9 Å². The molecule has 2 saturated heterocycles. The Balaban J connectivity index is 1.46. The number of rotatable bonds is 3. The van der Waals surface area contributed by atoms with Crippen LogP contribution in [0.15, 0.2) is 12.4 Å². The highest BCUT2D eigenvalue weighted by Gasteiger charge is 2.32. The van der Waals surface area contributed by atoms with Gasteiger partial charge in [0.15, 0.2) is 0 Å². The SMILES string of the molecule is CC(C)c1cc(C(=O)N2CCN(C(=O)C3CCCO3)CC2)nc2ncnn12. The summed E-state index contributed by atoms with van der Waals surface area (Å²) in [5, 5.41) is 4.18. The molecule has 2 amide bonds. The van der Waals surface area contributed by atoms with Crippen LogP contribution in [0.5, 0.6) is 0 Å². The van der Waals surface area contributed by atoms with Gasteiger partial charge in [-0.1, -0.05) is 13.8 Å². The number of amides is 2. The van der Waals surface area contributed by atoms with E-state index in [0.717, 1.165) is 18.5 Å². The Hall–Kier alpha value is -2.55. The summed E-state index contributed by atoms with van der Waals surface area (Å²) in [6, 6.07) is 1.79. The van der Waals surface area contributed by atoms with Gasteiger partial charge in [-0.15, -0.1) is 0 Å². The van der Waals surface area contributed by atoms with E-state index in [-0.39, 0.29) is 23.8 Å². The molecule has 0 spiro atoms. The second kappa shape index (κ2) is 7.22. The second-order valence-electron chi connectivity index (χ2n) is 7.31. The third kappa shape index (κ3) is 3.39. The second-order valence-corrected chi connectivity index (χ2v) is 7.31. The monoisotopic (exact) mass is 372 g/mol. The average molecular weight is 372 g/mol. The van der Waals surface area contributed by atoms with Crippen LogP contribution in [0.2, 0.25) is 0 Å². The molecule has 9 heteroatoms. The minimum absolute atomic E-state index is 0.0460. The number of fused-ring (bicyclic) bond motifs is 1. The van der Waals surface area contributed by atoms with E-state index >= 15 is 0 Å². The fourth-order valence-corrected chi connectivity index (χ4v) is 3.62. The van der Waals surface area contributed by atoms with Crippen LogP contribution in [0, 0.1) is 0 Å². The van der Waals surface area contributed by atoms with Crippen molar-refractivity contribution < 1.29 is 14.3 Å². The highest BCUT2D eigenvalue weighted by atomic mass is 16.5. The molecule has 27 heavy (non-hydrogen) atoms. The highest BCUT2D eigenvalue weighted by Crippen LogP contribution is 2.19. The first kappa shape index (κ1) is 17.8. The molecular formula is C18H24N6O3. The standard InChI is InChI=1S/C18H24N6O3/c1-12(2)14-10-13(21-18-19-11-20-24(14)18)16(25)22-5-7-23(8-6-22)17(26)15-4-3-9-27-15/h10-12,15H,3-9H2,1-2H3. The Bertz CT molecular complexity index is 850. The van der Waals surface area contributed by atoms with Gasteiger partial charge in [-0.2, -0.15) is 10.1 Å². The Morgan fingerprint density at radius 2 is 1.93 bits per heavy atom. The van der Waals surface area contributed by atoms with Crippen molar-refractivity contribution in [3.63, 3.8) is 0 Å². The first-order valence-corrected chi connectivity index (χ1v) is 9.45. The molecular weight excluding hydrogens is 348 g/mol. The summed E-state index contributed by atoms with van der Waals surface area (Å²) < 4.78 is 7.15. The summed E-state index contributed by atoms with van der Waals surface area (Å²) >= 11 is 0. The van der Waals surface area contributed by atoms with Crippen molar-refractivity contribution in [3.8, 4) is 0 Å². The normalized spacial score (nSPS) is 20.6. The van der Waals surface area contributed by atoms with Crippen molar-refractivity contribution in [1.29, 1.82) is 0 Å². The van der Waals surface area contributed by atoms with Crippen LogP contribution in [0.3, 0.4) is 0 Å². The van der Waals surface area contributed by atoms with E-state index in [2.05, 4.69) is 15.1 Å². The Morgan fingerprint density at radius 1 is 1.19 bits per heavy atom. The number of piperazine rings is 1. The predicted octanol–water partition coefficient (Wildman–Crippen LogP) is 0.711. The number of nitrogens with zero attached hydrogens (tertiary/aromatic N) is 6. The molecule has 1 atom stereocenters. The molecule has 2 aromatic rings. The molecule has 2 fully saturated rings. The van der Waals surface area contributed by atoms with Crippen molar-refractivity contribution in [3.05, 3.63) is 23.8 Å². The predicted molar refractivity (Wildman–Crippen MR) is 96.3 cm³/mol. The van der Waals surface area contributed by atoms with Crippen LogP contribution in [0.4, 0.5) is 0 Å². The van der Waals surface area contributed by atoms with Gasteiger partial charge >= 0.3 is 0 Å². The lowest BCUT2D eigenvalue weighted by molar-refractivity contribution is -0.142. The van der Waals surface area contributed by atoms with Gasteiger partial charge in [-0.05, 0) is 24.8 Å². The lowest BCUT2D eigenvalue weighted by atomic mass is 10.1. The molecule has 144 valence electrons. The minimum Gasteiger partial charge on any atom is -0.368 e. The summed E-state index contributed by atoms with van der Waals surface area (Å²) in [6.07, 6.45) is 2.86. The van der Waals surface area contributed by atoms with Gasteiger partial charge in [0.1, 0.15) is 18.1 Å². The third-order valence-electron chi connectivity index (χ3n) is 5.17. The molecule has 1 unspecified atom stereocenters. The maximum Gasteiger partial charge on any atom is 0.272 e. The minimum atomic E-state index is -0.308. The van der Waals surface area contributed by atoms with E-state index in [0.29, 0.717) is 44.3 Å². The Labute approximate surface area is 157 Å². The van der Waals surface area contributed by atoms with Gasteiger partial charge in [0.25, 0.3) is 17.6 Å². The summed E-state index contributed by atoms with van der Waals surface area (Å²) in [6.45, 7) is 6.77. The number of hydrogen-bond acceptors (Lipinski definition) is 6. The van der Waals surface area contributed by atoms with Crippen LogP contribution >= 0.6 is 0 Å². The number of carbonyl (C=O) groups excluding carboxylic acids is 2. The van der Waals surface area contributed by atoms with E-state index in [9.17, 15) is 9.59 Å². The maximum absolute atomic E-state index is 13.0. The molecule has 2 aromatic heterocycles. The molecule has 0 N–H and O–H groups in total. The molecule has 0 aliphatic carbocycles. The van der Waals surface area contributed by atoms with Crippen LogP contribution in [-0.4, -0.2) is 80.1 Å². The highest BCUT2D eigenvalue weighted by molar-refractivity contribution is 5.93. The van der Waals surface area contributed by atoms with E-state index in [1.807, 2.05) is 13.8 Å². The first-order valence-electron chi connectivity index (χ1n) is 9.45. The zero-order valence-corrected chi connectivity index (χ0v) is 15.7. The van der Waals surface area contributed by atoms with Gasteiger partial charge < -0.3 is 14.5 Å². The lowest BCUT2D eigenvalue weighted by Gasteiger charge is -2.35. The van der Waals surface area contributed by atoms with E-state index in [1.165, 1.54) is 6.33 Å². The Kier molecular flexibility index (Phi) is 4.77. The number of carbonyl (C=O) groups is 2. The molecule has 0 saturated carbocycles. The van der Waals surface area contributed by atoms with Gasteiger partial charge in [-0.25, -0.2) is 9.50 Å². The zero-order valence-electron chi connectivity index (χ0n) is 15.7. The van der Waals surface area contributed by atoms with E-state index < -0.39 is 0 Å². The summed E-state index contributed by atoms with van der Waals surface area (Å²) in [5.74, 6) is 0.526. The molecule has 0 aromatic carbocycles. The summed E-state index contributed by atoms with van der Waals surface area (Å²) in [5.41, 5.74) is 1.27. The van der Waals surface area contributed by atoms with Crippen molar-refractivity contribution in [1.82, 2.24) is 29.4 Å². The molecule has 4 heterocycles. The van der Waals surface area contributed by atoms with Crippen molar-refractivity contribution >= 4 is 17.6 Å². The number of aromatic nitrogens is 4. The van der Waals surface area contributed by atoms with Crippen LogP contribution < -0.4 is 0 Å². The summed E-state index contributed by atoms with van der Waals surface area (Å²) in [4.78, 5) is 37.5. The summed E-state index contributed by atoms with van der Waals surface area (Å²) in [7, 11) is 0. The van der Waals surface area contributed by atoms with Crippen molar-refractivity contribution in [2.45, 2.75) is 38.7 Å². The largest absolute Gasteiger partial charge is 0.368 e.